The average molecular weight is 658 g/mol. The topological polar surface area (TPSA) is 144 Å². The molecule has 3 amide bonds. The molecule has 2 bridgehead atoms. The average Bonchev–Trinajstić information content (AvgIpc) is 3.54. The fourth-order valence-electron chi connectivity index (χ4n) is 6.18. The van der Waals surface area contributed by atoms with Crippen LogP contribution in [0.5, 0.6) is 0 Å². The number of ether oxygens (including phenoxy) is 1. The summed E-state index contributed by atoms with van der Waals surface area (Å²) in [5.74, 6) is 0.405. The van der Waals surface area contributed by atoms with Crippen LogP contribution in [0, 0.1) is 0 Å². The van der Waals surface area contributed by atoms with Gasteiger partial charge < -0.3 is 19.5 Å². The van der Waals surface area contributed by atoms with Crippen LogP contribution < -0.4 is 5.32 Å². The first-order valence-electron chi connectivity index (χ1n) is 16.7. The first kappa shape index (κ1) is 37.0. The third kappa shape index (κ3) is 10.3. The largest absolute Gasteiger partial charge is 0.444 e. The van der Waals surface area contributed by atoms with Gasteiger partial charge in [-0.25, -0.2) is 9.59 Å². The van der Waals surface area contributed by atoms with Gasteiger partial charge in [0.1, 0.15) is 11.3 Å². The molecule has 0 unspecified atom stereocenters. The molecule has 3 rings (SSSR count). The molecule has 2 aliphatic rings. The molecule has 2 saturated heterocycles. The molecule has 2 aliphatic heterocycles. The van der Waals surface area contributed by atoms with E-state index in [4.69, 9.17) is 17.8 Å². The van der Waals surface area contributed by atoms with E-state index in [0.717, 1.165) is 69.3 Å². The highest BCUT2D eigenvalue weighted by molar-refractivity contribution is 7.81. The number of piperidine rings is 1. The normalized spacial score (nSPS) is 19.1. The van der Waals surface area contributed by atoms with Crippen LogP contribution in [0.1, 0.15) is 143 Å². The van der Waals surface area contributed by atoms with E-state index in [0.29, 0.717) is 30.8 Å². The van der Waals surface area contributed by atoms with Crippen molar-refractivity contribution in [1.82, 2.24) is 25.5 Å². The molecule has 13 nitrogen and oxygen atoms in total. The Morgan fingerprint density at radius 3 is 2.31 bits per heavy atom. The van der Waals surface area contributed by atoms with Crippen LogP contribution in [0.4, 0.5) is 9.59 Å². The lowest BCUT2D eigenvalue weighted by Crippen LogP contribution is -2.51. The van der Waals surface area contributed by atoms with Gasteiger partial charge in [-0.15, -0.1) is 4.28 Å². The summed E-state index contributed by atoms with van der Waals surface area (Å²) in [6, 6.07) is 0.246. The van der Waals surface area contributed by atoms with Crippen LogP contribution >= 0.6 is 0 Å². The van der Waals surface area contributed by atoms with E-state index in [1.807, 2.05) is 0 Å². The number of nitrogens with zero attached hydrogens (tertiary/aromatic N) is 4. The fraction of sp³-hybridized carbons (Fsp3) is 0.839. The minimum atomic E-state index is -4.61. The van der Waals surface area contributed by atoms with Gasteiger partial charge in [0.2, 0.25) is 0 Å². The summed E-state index contributed by atoms with van der Waals surface area (Å²) in [6.07, 6.45) is 9.38. The van der Waals surface area contributed by atoms with Crippen LogP contribution in [-0.2, 0) is 30.2 Å². The monoisotopic (exact) mass is 657 g/mol. The standard InChI is InChI=1S/C31H55N5O8S/c1-8-12-18-31(17-11-4,19-13-9-2)35(20-14-10-3)43-45(39,40)44-36-24-15-16-27(34(23-24)29(36)38)26-21-25(42-33-26)22-32-28(37)41-30(5,6)7/h21,24,27H,8-20,22-23H2,1-7H3,(H,32,37)/t24-,27-/m0/s1. The molecule has 1 aromatic heterocycles. The number of unbranched alkanes of at least 4 members (excludes halogenated alkanes) is 3. The molecule has 0 aromatic carbocycles. The van der Waals surface area contributed by atoms with E-state index < -0.39 is 45.7 Å². The molecule has 0 radical (unpaired) electrons. The van der Waals surface area contributed by atoms with Gasteiger partial charge in [0.15, 0.2) is 5.76 Å². The number of rotatable bonds is 19. The van der Waals surface area contributed by atoms with Crippen LogP contribution in [0.15, 0.2) is 10.6 Å². The van der Waals surface area contributed by atoms with Crippen LogP contribution in [0.2, 0.25) is 0 Å². The van der Waals surface area contributed by atoms with E-state index in [-0.39, 0.29) is 13.1 Å². The molecule has 3 heterocycles. The van der Waals surface area contributed by atoms with E-state index in [9.17, 15) is 18.0 Å². The second-order valence-corrected chi connectivity index (χ2v) is 14.4. The Morgan fingerprint density at radius 2 is 1.71 bits per heavy atom. The molecule has 2 atom stereocenters. The summed E-state index contributed by atoms with van der Waals surface area (Å²) >= 11 is 0. The highest BCUT2D eigenvalue weighted by Gasteiger charge is 2.49. The summed E-state index contributed by atoms with van der Waals surface area (Å²) in [4.78, 5) is 27.1. The zero-order valence-corrected chi connectivity index (χ0v) is 29.1. The summed E-state index contributed by atoms with van der Waals surface area (Å²) in [6.45, 7) is 14.6. The lowest BCUT2D eigenvalue weighted by atomic mass is 9.82. The van der Waals surface area contributed by atoms with E-state index in [1.165, 1.54) is 0 Å². The first-order chi connectivity index (χ1) is 21.3. The second kappa shape index (κ2) is 16.4. The lowest BCUT2D eigenvalue weighted by molar-refractivity contribution is -0.172. The quantitative estimate of drug-likeness (QED) is 0.158. The molecule has 14 heteroatoms. The van der Waals surface area contributed by atoms with E-state index >= 15 is 0 Å². The predicted octanol–water partition coefficient (Wildman–Crippen LogP) is 6.77. The summed E-state index contributed by atoms with van der Waals surface area (Å²) in [5.41, 5.74) is -0.547. The van der Waals surface area contributed by atoms with Gasteiger partial charge in [0, 0.05) is 24.7 Å². The minimum Gasteiger partial charge on any atom is -0.444 e. The molecule has 45 heavy (non-hydrogen) atoms. The van der Waals surface area contributed by atoms with Crippen molar-refractivity contribution in [2.24, 2.45) is 0 Å². The highest BCUT2D eigenvalue weighted by atomic mass is 32.3. The second-order valence-electron chi connectivity index (χ2n) is 13.3. The van der Waals surface area contributed by atoms with E-state index in [1.54, 1.807) is 36.8 Å². The fourth-order valence-corrected chi connectivity index (χ4v) is 7.05. The number of nitrogens with one attached hydrogen (secondary N) is 1. The van der Waals surface area contributed by atoms with Crippen LogP contribution in [0.3, 0.4) is 0 Å². The third-order valence-corrected chi connectivity index (χ3v) is 9.06. The zero-order valence-electron chi connectivity index (χ0n) is 28.3. The number of carbonyl (C=O) groups excluding carboxylic acids is 2. The van der Waals surface area contributed by atoms with Crippen molar-refractivity contribution < 1.29 is 35.8 Å². The first-order valence-corrected chi connectivity index (χ1v) is 18.0. The Kier molecular flexibility index (Phi) is 13.5. The predicted molar refractivity (Wildman–Crippen MR) is 169 cm³/mol. The molecule has 0 aliphatic carbocycles. The van der Waals surface area contributed by atoms with Gasteiger partial charge in [-0.05, 0) is 59.3 Å². The molecular weight excluding hydrogens is 602 g/mol. The number of aromatic nitrogens is 1. The molecule has 0 saturated carbocycles. The summed E-state index contributed by atoms with van der Waals surface area (Å²) in [7, 11) is -4.61. The number of hydrogen-bond donors (Lipinski definition) is 1. The summed E-state index contributed by atoms with van der Waals surface area (Å²) < 4.78 is 48.9. The van der Waals surface area contributed by atoms with Gasteiger partial charge >= 0.3 is 22.5 Å². The Bertz CT molecular complexity index is 1190. The molecule has 2 fully saturated rings. The van der Waals surface area contributed by atoms with Crippen molar-refractivity contribution >= 4 is 22.5 Å². The molecule has 1 aromatic rings. The SMILES string of the molecule is CCCCN(OS(=O)(=O)ON1C(=O)N2C[C@@H]1CC[C@H]2c1cc(CNC(=O)OC(C)(C)C)on1)C(CCC)(CCCC)CCCC. The maximum absolute atomic E-state index is 13.5. The van der Waals surface area contributed by atoms with Gasteiger partial charge in [0.05, 0.1) is 18.6 Å². The van der Waals surface area contributed by atoms with E-state index in [2.05, 4.69) is 38.2 Å². The van der Waals surface area contributed by atoms with Crippen LogP contribution in [0.25, 0.3) is 0 Å². The molecule has 0 spiro atoms. The molecular formula is C31H55N5O8S. The Morgan fingerprint density at radius 1 is 1.04 bits per heavy atom. The smallest absolute Gasteiger partial charge is 0.437 e. The van der Waals surface area contributed by atoms with Crippen molar-refractivity contribution in [2.75, 3.05) is 13.1 Å². The Labute approximate surface area is 269 Å². The number of hydrogen-bond acceptors (Lipinski definition) is 10. The van der Waals surface area contributed by atoms with Crippen molar-refractivity contribution in [3.63, 3.8) is 0 Å². The maximum atomic E-state index is 13.5. The van der Waals surface area contributed by atoms with Crippen molar-refractivity contribution in [1.29, 1.82) is 0 Å². The highest BCUT2D eigenvalue weighted by Crippen LogP contribution is 2.40. The van der Waals surface area contributed by atoms with Gasteiger partial charge in [-0.1, -0.05) is 71.4 Å². The summed E-state index contributed by atoms with van der Waals surface area (Å²) in [5, 5.41) is 9.36. The number of fused-ring (bicyclic) bond motifs is 2. The maximum Gasteiger partial charge on any atom is 0.437 e. The third-order valence-electron chi connectivity index (χ3n) is 8.35. The Hall–Kier alpha value is -2.42. The zero-order chi connectivity index (χ0) is 33.3. The Balaban J connectivity index is 1.71. The number of hydroxylamine groups is 4. The number of carbonyl (C=O) groups is 2. The van der Waals surface area contributed by atoms with Crippen LogP contribution in [-0.4, -0.2) is 71.0 Å². The van der Waals surface area contributed by atoms with Gasteiger partial charge in [-0.2, -0.15) is 22.8 Å². The molecule has 1 N–H and O–H groups in total. The van der Waals surface area contributed by atoms with Gasteiger partial charge in [0.25, 0.3) is 0 Å². The van der Waals surface area contributed by atoms with Crippen molar-refractivity contribution in [3.8, 4) is 0 Å². The van der Waals surface area contributed by atoms with Crippen molar-refractivity contribution in [2.45, 2.75) is 155 Å². The minimum absolute atomic E-state index is 0.0700. The van der Waals surface area contributed by atoms with Gasteiger partial charge in [-0.3, -0.25) is 0 Å². The number of urea groups is 1. The van der Waals surface area contributed by atoms with Crippen molar-refractivity contribution in [3.05, 3.63) is 17.5 Å². The number of alkyl carbamates (subject to hydrolysis) is 1. The molecule has 258 valence electrons. The number of amides is 3. The lowest BCUT2D eigenvalue weighted by Gasteiger charge is -2.43.